The van der Waals surface area contributed by atoms with Gasteiger partial charge in [-0.2, -0.15) is 0 Å². The Hall–Kier alpha value is -0.837. The van der Waals surface area contributed by atoms with E-state index in [-0.39, 0.29) is 12.2 Å². The molecule has 0 saturated carbocycles. The zero-order chi connectivity index (χ0) is 18.1. The number of hydrogen-bond donors (Lipinski definition) is 0. The molecule has 0 N–H and O–H groups in total. The van der Waals surface area contributed by atoms with E-state index < -0.39 is 22.0 Å². The molecule has 0 amide bonds. The Morgan fingerprint density at radius 3 is 1.32 bits per heavy atom. The molecule has 0 heterocycles. The summed E-state index contributed by atoms with van der Waals surface area (Å²) < 4.78 is 24.7. The summed E-state index contributed by atoms with van der Waals surface area (Å²) >= 11 is -4.18. The van der Waals surface area contributed by atoms with Crippen LogP contribution in [-0.2, 0) is 46.5 Å². The molecule has 25 heavy (non-hydrogen) atoms. The Balaban J connectivity index is 2.13. The van der Waals surface area contributed by atoms with Crippen molar-refractivity contribution in [2.24, 2.45) is 0 Å². The third-order valence-electron chi connectivity index (χ3n) is 3.28. The van der Waals surface area contributed by atoms with Crippen LogP contribution in [0.1, 0.15) is 38.8 Å². The van der Waals surface area contributed by atoms with E-state index in [9.17, 15) is 0 Å². The third kappa shape index (κ3) is 7.51. The average molecular weight is 424 g/mol. The summed E-state index contributed by atoms with van der Waals surface area (Å²) in [5.74, 6) is 0. The van der Waals surface area contributed by atoms with Crippen LogP contribution >= 0.6 is 0 Å². The summed E-state index contributed by atoms with van der Waals surface area (Å²) in [5, 5.41) is 0. The van der Waals surface area contributed by atoms with E-state index in [1.54, 1.807) is 0 Å². The van der Waals surface area contributed by atoms with E-state index in [2.05, 4.69) is 0 Å². The second kappa shape index (κ2) is 10.3. The molecule has 0 radical (unpaired) electrons. The molecule has 2 aromatic rings. The Morgan fingerprint density at radius 2 is 1.00 bits per heavy atom. The molecule has 2 rings (SSSR count). The first-order valence-electron chi connectivity index (χ1n) is 8.70. The van der Waals surface area contributed by atoms with E-state index >= 15 is 0 Å². The van der Waals surface area contributed by atoms with Gasteiger partial charge in [-0.1, -0.05) is 0 Å². The van der Waals surface area contributed by atoms with Gasteiger partial charge < -0.3 is 0 Å². The van der Waals surface area contributed by atoms with Gasteiger partial charge in [0.1, 0.15) is 0 Å². The molecule has 0 spiro atoms. The molecule has 5 heteroatoms. The SMILES string of the molecule is CC(C)[O][Zr]([O]Cc1ccccc1)([O]Cc1ccccc1)[O]C(C)C. The Morgan fingerprint density at radius 1 is 0.640 bits per heavy atom. The van der Waals surface area contributed by atoms with Crippen molar-refractivity contribution in [2.45, 2.75) is 53.1 Å². The van der Waals surface area contributed by atoms with E-state index in [0.29, 0.717) is 13.2 Å². The number of rotatable bonds is 10. The molecule has 0 atom stereocenters. The molecule has 0 fully saturated rings. The van der Waals surface area contributed by atoms with Crippen LogP contribution < -0.4 is 0 Å². The van der Waals surface area contributed by atoms with Crippen molar-refractivity contribution in [2.75, 3.05) is 0 Å². The summed E-state index contributed by atoms with van der Waals surface area (Å²) in [4.78, 5) is 0. The van der Waals surface area contributed by atoms with Gasteiger partial charge in [-0.25, -0.2) is 0 Å². The van der Waals surface area contributed by atoms with Gasteiger partial charge in [0, 0.05) is 0 Å². The fourth-order valence-corrected chi connectivity index (χ4v) is 7.81. The molecule has 0 aliphatic carbocycles. The molecular weight excluding hydrogens is 395 g/mol. The summed E-state index contributed by atoms with van der Waals surface area (Å²) in [7, 11) is 0. The van der Waals surface area contributed by atoms with Crippen LogP contribution in [0.15, 0.2) is 60.7 Å². The van der Waals surface area contributed by atoms with Gasteiger partial charge in [0.05, 0.1) is 0 Å². The summed E-state index contributed by atoms with van der Waals surface area (Å²) in [6, 6.07) is 20.1. The Kier molecular flexibility index (Phi) is 8.47. The molecule has 0 unspecified atom stereocenters. The van der Waals surface area contributed by atoms with E-state index in [4.69, 9.17) is 11.3 Å². The first kappa shape index (κ1) is 20.5. The predicted octanol–water partition coefficient (Wildman–Crippen LogP) is 5.08. The van der Waals surface area contributed by atoms with Crippen LogP contribution in [0.3, 0.4) is 0 Å². The second-order valence-electron chi connectivity index (χ2n) is 6.38. The first-order chi connectivity index (χ1) is 12.0. The van der Waals surface area contributed by atoms with Crippen LogP contribution in [0, 0.1) is 0 Å². The Labute approximate surface area is 158 Å². The van der Waals surface area contributed by atoms with Gasteiger partial charge in [0.25, 0.3) is 0 Å². The fraction of sp³-hybridized carbons (Fsp3) is 0.400. The monoisotopic (exact) mass is 422 g/mol. The van der Waals surface area contributed by atoms with Crippen LogP contribution in [-0.4, -0.2) is 12.2 Å². The molecule has 136 valence electrons. The molecule has 2 aromatic carbocycles. The van der Waals surface area contributed by atoms with Crippen LogP contribution in [0.2, 0.25) is 0 Å². The normalized spacial score (nSPS) is 12.1. The average Bonchev–Trinajstić information content (AvgIpc) is 2.59. The van der Waals surface area contributed by atoms with Gasteiger partial charge in [-0.15, -0.1) is 0 Å². The first-order valence-corrected chi connectivity index (χ1v) is 12.7. The third-order valence-corrected chi connectivity index (χ3v) is 9.46. The molecule has 0 aliphatic rings. The van der Waals surface area contributed by atoms with Gasteiger partial charge in [-0.3, -0.25) is 0 Å². The summed E-state index contributed by atoms with van der Waals surface area (Å²) in [6.45, 7) is 8.76. The van der Waals surface area contributed by atoms with Crippen molar-refractivity contribution in [1.29, 1.82) is 0 Å². The van der Waals surface area contributed by atoms with Gasteiger partial charge in [-0.05, 0) is 0 Å². The van der Waals surface area contributed by atoms with Crippen molar-refractivity contribution >= 4 is 0 Å². The number of benzene rings is 2. The molecule has 0 aliphatic heterocycles. The summed E-state index contributed by atoms with van der Waals surface area (Å²) in [6.07, 6.45) is -0.0535. The van der Waals surface area contributed by atoms with Gasteiger partial charge >= 0.3 is 158 Å². The van der Waals surface area contributed by atoms with E-state index in [0.717, 1.165) is 11.1 Å². The minimum atomic E-state index is -4.18. The van der Waals surface area contributed by atoms with Crippen LogP contribution in [0.5, 0.6) is 0 Å². The zero-order valence-electron chi connectivity index (χ0n) is 15.5. The molecule has 0 aromatic heterocycles. The summed E-state index contributed by atoms with van der Waals surface area (Å²) in [5.41, 5.74) is 2.15. The standard InChI is InChI=1S/2C7H7O.2C3H7O.Zr/c2*8-6-7-4-2-1-3-5-7;2*1-3(2)4;/h2*1-5H,6H2;2*3H,1-2H3;/q4*-1;+4. The van der Waals surface area contributed by atoms with Crippen LogP contribution in [0.4, 0.5) is 0 Å². The second-order valence-corrected chi connectivity index (χ2v) is 11.4. The number of hydrogen-bond acceptors (Lipinski definition) is 4. The zero-order valence-corrected chi connectivity index (χ0v) is 17.9. The van der Waals surface area contributed by atoms with Crippen molar-refractivity contribution in [3.8, 4) is 0 Å². The predicted molar refractivity (Wildman–Crippen MR) is 94.9 cm³/mol. The molecule has 0 saturated heterocycles. The van der Waals surface area contributed by atoms with Crippen molar-refractivity contribution in [3.63, 3.8) is 0 Å². The van der Waals surface area contributed by atoms with Crippen LogP contribution in [0.25, 0.3) is 0 Å². The maximum atomic E-state index is 6.20. The topological polar surface area (TPSA) is 36.9 Å². The molecule has 4 nitrogen and oxygen atoms in total. The Bertz CT molecular complexity index is 546. The fourth-order valence-electron chi connectivity index (χ4n) is 2.27. The van der Waals surface area contributed by atoms with E-state index in [1.807, 2.05) is 88.4 Å². The quantitative estimate of drug-likeness (QED) is 0.534. The maximum absolute atomic E-state index is 6.20. The van der Waals surface area contributed by atoms with Crippen molar-refractivity contribution < 1.29 is 33.3 Å². The molecule has 0 bridgehead atoms. The van der Waals surface area contributed by atoms with Gasteiger partial charge in [0.2, 0.25) is 0 Å². The van der Waals surface area contributed by atoms with Crippen molar-refractivity contribution in [3.05, 3.63) is 71.8 Å². The minimum absolute atomic E-state index is 0.0268. The van der Waals surface area contributed by atoms with E-state index in [1.165, 1.54) is 0 Å². The van der Waals surface area contributed by atoms with Crippen molar-refractivity contribution in [1.82, 2.24) is 0 Å². The molecular formula is C20H28O4Zr. The van der Waals surface area contributed by atoms with Gasteiger partial charge in [0.15, 0.2) is 0 Å².